The molecule has 1 saturated heterocycles. The van der Waals surface area contributed by atoms with Crippen LogP contribution in [0.1, 0.15) is 0 Å². The van der Waals surface area contributed by atoms with Crippen molar-refractivity contribution in [3.8, 4) is 0 Å². The fourth-order valence-corrected chi connectivity index (χ4v) is 1.63. The summed E-state index contributed by atoms with van der Waals surface area (Å²) >= 11 is 5.07. The number of ether oxygens (including phenoxy) is 1. The number of morpholine rings is 1. The zero-order chi connectivity index (χ0) is 10.7. The Morgan fingerprint density at radius 1 is 1.40 bits per heavy atom. The molecule has 15 heavy (non-hydrogen) atoms. The molecule has 80 valence electrons. The van der Waals surface area contributed by atoms with E-state index in [0.29, 0.717) is 26.3 Å². The van der Waals surface area contributed by atoms with Crippen molar-refractivity contribution in [3.63, 3.8) is 0 Å². The van der Waals surface area contributed by atoms with Gasteiger partial charge >= 0.3 is 0 Å². The second kappa shape index (κ2) is 4.50. The second-order valence-electron chi connectivity index (χ2n) is 3.18. The number of hydrogen-bond donors (Lipinski definition) is 0. The Hall–Kier alpha value is -1.27. The Labute approximate surface area is 92.6 Å². The first-order chi connectivity index (χ1) is 7.29. The highest BCUT2D eigenvalue weighted by molar-refractivity contribution is 7.82. The normalized spacial score (nSPS) is 16.4. The number of aromatic nitrogens is 2. The summed E-state index contributed by atoms with van der Waals surface area (Å²) < 4.78 is 6.71. The van der Waals surface area contributed by atoms with Crippen LogP contribution >= 0.6 is 12.2 Å². The van der Waals surface area contributed by atoms with Crippen LogP contribution < -0.4 is 0 Å². The average molecular weight is 225 g/mol. The molecule has 6 heteroatoms. The van der Waals surface area contributed by atoms with Crippen LogP contribution in [-0.2, 0) is 9.53 Å². The van der Waals surface area contributed by atoms with Crippen molar-refractivity contribution >= 4 is 23.1 Å². The van der Waals surface area contributed by atoms with E-state index in [1.807, 2.05) is 0 Å². The topological polar surface area (TPSA) is 47.4 Å². The van der Waals surface area contributed by atoms with Gasteiger partial charge in [-0.1, -0.05) is 12.2 Å². The molecule has 0 unspecified atom stereocenters. The summed E-state index contributed by atoms with van der Waals surface area (Å²) in [5.41, 5.74) is 0. The first kappa shape index (κ1) is 10.3. The van der Waals surface area contributed by atoms with Gasteiger partial charge in [-0.25, -0.2) is 4.98 Å². The molecule has 1 amide bonds. The number of hydrogen-bond acceptors (Lipinski definition) is 4. The lowest BCUT2D eigenvalue weighted by Gasteiger charge is -2.26. The summed E-state index contributed by atoms with van der Waals surface area (Å²) in [5, 5.41) is 0. The molecule has 0 aliphatic carbocycles. The predicted molar refractivity (Wildman–Crippen MR) is 57.6 cm³/mol. The van der Waals surface area contributed by atoms with E-state index in [0.717, 1.165) is 0 Å². The highest BCUT2D eigenvalue weighted by Gasteiger charge is 2.21. The lowest BCUT2D eigenvalue weighted by molar-refractivity contribution is -0.128. The number of thiocarbonyl (C=S) groups is 1. The summed E-state index contributed by atoms with van der Waals surface area (Å²) in [6.45, 7) is 2.37. The third kappa shape index (κ3) is 2.21. The maximum Gasteiger partial charge on any atom is 0.282 e. The SMILES string of the molecule is O=C(C(=S)n1ccnc1)N1CCOCC1. The summed E-state index contributed by atoms with van der Waals surface area (Å²) in [7, 11) is 0. The Morgan fingerprint density at radius 3 is 2.73 bits per heavy atom. The van der Waals surface area contributed by atoms with E-state index in [1.54, 1.807) is 21.9 Å². The molecule has 0 bridgehead atoms. The van der Waals surface area contributed by atoms with Gasteiger partial charge in [0.15, 0.2) is 4.99 Å². The molecule has 1 aromatic rings. The molecule has 0 aromatic carbocycles. The Balaban J connectivity index is 2.04. The van der Waals surface area contributed by atoms with Crippen LogP contribution in [-0.4, -0.2) is 51.6 Å². The van der Waals surface area contributed by atoms with Crippen LogP contribution in [0.25, 0.3) is 0 Å². The monoisotopic (exact) mass is 225 g/mol. The lowest BCUT2D eigenvalue weighted by atomic mass is 10.4. The number of carbonyl (C=O) groups excluding carboxylic acids is 1. The van der Waals surface area contributed by atoms with E-state index in [-0.39, 0.29) is 10.9 Å². The van der Waals surface area contributed by atoms with E-state index in [4.69, 9.17) is 17.0 Å². The maximum absolute atomic E-state index is 11.9. The number of imidazole rings is 1. The van der Waals surface area contributed by atoms with Gasteiger partial charge in [-0.15, -0.1) is 0 Å². The minimum absolute atomic E-state index is 0.133. The summed E-state index contributed by atoms with van der Waals surface area (Å²) in [6.07, 6.45) is 4.79. The van der Waals surface area contributed by atoms with Crippen molar-refractivity contribution in [2.24, 2.45) is 0 Å². The van der Waals surface area contributed by atoms with E-state index in [9.17, 15) is 4.79 Å². The molecule has 0 radical (unpaired) electrons. The molecule has 1 aliphatic heterocycles. The fourth-order valence-electron chi connectivity index (χ4n) is 1.39. The van der Waals surface area contributed by atoms with Gasteiger partial charge in [0.2, 0.25) is 0 Å². The third-order valence-electron chi connectivity index (χ3n) is 2.22. The summed E-state index contributed by atoms with van der Waals surface area (Å²) in [6, 6.07) is 0. The minimum Gasteiger partial charge on any atom is -0.378 e. The quantitative estimate of drug-likeness (QED) is 0.579. The van der Waals surface area contributed by atoms with Gasteiger partial charge in [0, 0.05) is 25.5 Å². The van der Waals surface area contributed by atoms with E-state index < -0.39 is 0 Å². The van der Waals surface area contributed by atoms with Crippen LogP contribution in [0.5, 0.6) is 0 Å². The highest BCUT2D eigenvalue weighted by Crippen LogP contribution is 2.00. The molecule has 0 atom stereocenters. The summed E-state index contributed by atoms with van der Waals surface area (Å²) in [4.78, 5) is 17.7. The molecule has 0 N–H and O–H groups in total. The average Bonchev–Trinajstić information content (AvgIpc) is 2.82. The molecule has 2 rings (SSSR count). The molecule has 1 fully saturated rings. The van der Waals surface area contributed by atoms with Gasteiger partial charge in [0.25, 0.3) is 5.91 Å². The van der Waals surface area contributed by atoms with Crippen LogP contribution in [0.15, 0.2) is 18.7 Å². The van der Waals surface area contributed by atoms with Crippen molar-refractivity contribution < 1.29 is 9.53 Å². The van der Waals surface area contributed by atoms with Crippen LogP contribution in [0.4, 0.5) is 0 Å². The zero-order valence-electron chi connectivity index (χ0n) is 8.13. The minimum atomic E-state index is -0.133. The van der Waals surface area contributed by atoms with E-state index >= 15 is 0 Å². The second-order valence-corrected chi connectivity index (χ2v) is 3.57. The van der Waals surface area contributed by atoms with Gasteiger partial charge in [-0.05, 0) is 0 Å². The standard InChI is InChI=1S/C9H11N3O2S/c13-8(11-3-5-14-6-4-11)9(15)12-2-1-10-7-12/h1-2,7H,3-6H2. The van der Waals surface area contributed by atoms with Crippen molar-refractivity contribution in [1.82, 2.24) is 14.5 Å². The summed E-state index contributed by atoms with van der Waals surface area (Å²) in [5.74, 6) is -0.133. The van der Waals surface area contributed by atoms with Crippen LogP contribution in [0, 0.1) is 0 Å². The first-order valence-corrected chi connectivity index (χ1v) is 5.09. The lowest BCUT2D eigenvalue weighted by Crippen LogP contribution is -2.45. The van der Waals surface area contributed by atoms with Crippen molar-refractivity contribution in [2.75, 3.05) is 26.3 Å². The smallest absolute Gasteiger partial charge is 0.282 e. The largest absolute Gasteiger partial charge is 0.378 e. The van der Waals surface area contributed by atoms with Crippen LogP contribution in [0.2, 0.25) is 0 Å². The van der Waals surface area contributed by atoms with E-state index in [1.165, 1.54) is 6.33 Å². The predicted octanol–water partition coefficient (Wildman–Crippen LogP) is -0.0826. The first-order valence-electron chi connectivity index (χ1n) is 4.68. The molecule has 0 spiro atoms. The van der Waals surface area contributed by atoms with Crippen molar-refractivity contribution in [2.45, 2.75) is 0 Å². The Morgan fingerprint density at radius 2 is 2.13 bits per heavy atom. The molecule has 1 aliphatic rings. The van der Waals surface area contributed by atoms with Crippen molar-refractivity contribution in [3.05, 3.63) is 18.7 Å². The molecular weight excluding hydrogens is 214 g/mol. The number of rotatable bonds is 0. The third-order valence-corrected chi connectivity index (χ3v) is 2.61. The van der Waals surface area contributed by atoms with E-state index in [2.05, 4.69) is 4.98 Å². The number of amides is 1. The molecule has 1 aromatic heterocycles. The molecular formula is C9H11N3O2S. The number of nitrogens with zero attached hydrogens (tertiary/aromatic N) is 3. The van der Waals surface area contributed by atoms with Gasteiger partial charge in [0.05, 0.1) is 19.5 Å². The fraction of sp³-hybridized carbons (Fsp3) is 0.444. The van der Waals surface area contributed by atoms with Gasteiger partial charge in [-0.3, -0.25) is 9.36 Å². The van der Waals surface area contributed by atoms with Gasteiger partial charge < -0.3 is 9.64 Å². The van der Waals surface area contributed by atoms with Gasteiger partial charge in [-0.2, -0.15) is 0 Å². The molecule has 5 nitrogen and oxygen atoms in total. The Kier molecular flexibility index (Phi) is 3.08. The molecule has 2 heterocycles. The zero-order valence-corrected chi connectivity index (χ0v) is 8.94. The number of carbonyl (C=O) groups is 1. The molecule has 0 saturated carbocycles. The Bertz CT molecular complexity index is 357. The van der Waals surface area contributed by atoms with Gasteiger partial charge in [0.1, 0.15) is 0 Å². The van der Waals surface area contributed by atoms with Crippen LogP contribution in [0.3, 0.4) is 0 Å². The maximum atomic E-state index is 11.9. The van der Waals surface area contributed by atoms with Crippen molar-refractivity contribution in [1.29, 1.82) is 0 Å². The highest BCUT2D eigenvalue weighted by atomic mass is 32.1.